The molecule has 0 fully saturated rings. The summed E-state index contributed by atoms with van der Waals surface area (Å²) in [6.45, 7) is 0.724. The summed E-state index contributed by atoms with van der Waals surface area (Å²) in [7, 11) is 1.78. The molecular formula is C8H13N5O. The van der Waals surface area contributed by atoms with E-state index in [-0.39, 0.29) is 12.5 Å². The largest absolute Gasteiger partial charge is 0.382 e. The molecule has 0 saturated heterocycles. The monoisotopic (exact) mass is 195 g/mol. The van der Waals surface area contributed by atoms with Crippen molar-refractivity contribution < 1.29 is 4.79 Å². The molecule has 0 aromatic carbocycles. The van der Waals surface area contributed by atoms with Gasteiger partial charge >= 0.3 is 0 Å². The predicted molar refractivity (Wildman–Crippen MR) is 52.0 cm³/mol. The summed E-state index contributed by atoms with van der Waals surface area (Å²) in [6.07, 6.45) is 3.06. The fraction of sp³-hybridized carbons (Fsp3) is 0.375. The van der Waals surface area contributed by atoms with Crippen molar-refractivity contribution in [2.24, 2.45) is 5.73 Å². The number of anilines is 1. The van der Waals surface area contributed by atoms with E-state index in [2.05, 4.69) is 9.97 Å². The van der Waals surface area contributed by atoms with E-state index >= 15 is 0 Å². The zero-order valence-electron chi connectivity index (χ0n) is 7.97. The Labute approximate surface area is 81.9 Å². The van der Waals surface area contributed by atoms with Gasteiger partial charge in [-0.15, -0.1) is 0 Å². The molecular weight excluding hydrogens is 182 g/mol. The molecule has 1 amide bonds. The minimum Gasteiger partial charge on any atom is -0.382 e. The van der Waals surface area contributed by atoms with Crippen molar-refractivity contribution in [1.29, 1.82) is 0 Å². The van der Waals surface area contributed by atoms with Crippen LogP contribution in [0.2, 0.25) is 0 Å². The van der Waals surface area contributed by atoms with Crippen LogP contribution in [0.4, 0.5) is 5.82 Å². The number of rotatable bonds is 4. The van der Waals surface area contributed by atoms with Gasteiger partial charge in [0.25, 0.3) is 0 Å². The lowest BCUT2D eigenvalue weighted by molar-refractivity contribution is -0.118. The molecule has 1 aromatic rings. The minimum atomic E-state index is -0.365. The third-order valence-corrected chi connectivity index (χ3v) is 1.58. The normalized spacial score (nSPS) is 10.4. The van der Waals surface area contributed by atoms with Crippen molar-refractivity contribution in [1.82, 2.24) is 14.9 Å². The summed E-state index contributed by atoms with van der Waals surface area (Å²) in [5, 5.41) is 0. The van der Waals surface area contributed by atoms with Crippen LogP contribution in [-0.4, -0.2) is 34.4 Å². The Morgan fingerprint density at radius 2 is 2.21 bits per heavy atom. The Kier molecular flexibility index (Phi) is 3.35. The molecule has 0 bridgehead atoms. The highest BCUT2D eigenvalue weighted by atomic mass is 16.1. The smallest absolute Gasteiger partial charge is 0.231 e. The molecule has 0 aliphatic rings. The minimum absolute atomic E-state index is 0.200. The molecule has 76 valence electrons. The van der Waals surface area contributed by atoms with Crippen molar-refractivity contribution >= 4 is 11.7 Å². The number of nitrogens with zero attached hydrogens (tertiary/aromatic N) is 3. The summed E-state index contributed by atoms with van der Waals surface area (Å²) in [5.41, 5.74) is 11.2. The molecule has 4 N–H and O–H groups in total. The third kappa shape index (κ3) is 3.36. The van der Waals surface area contributed by atoms with Crippen LogP contribution in [0.25, 0.3) is 0 Å². The highest BCUT2D eigenvalue weighted by Crippen LogP contribution is 1.99. The first kappa shape index (κ1) is 10.4. The lowest BCUT2D eigenvalue weighted by atomic mass is 10.4. The second kappa shape index (κ2) is 4.52. The van der Waals surface area contributed by atoms with Crippen LogP contribution < -0.4 is 11.5 Å². The van der Waals surface area contributed by atoms with Gasteiger partial charge in [-0.2, -0.15) is 0 Å². The summed E-state index contributed by atoms with van der Waals surface area (Å²) in [6, 6.07) is 0. The van der Waals surface area contributed by atoms with E-state index in [4.69, 9.17) is 11.5 Å². The summed E-state index contributed by atoms with van der Waals surface area (Å²) < 4.78 is 0. The van der Waals surface area contributed by atoms with Crippen LogP contribution in [0.5, 0.6) is 0 Å². The van der Waals surface area contributed by atoms with Gasteiger partial charge in [-0.25, -0.2) is 4.98 Å². The molecule has 14 heavy (non-hydrogen) atoms. The first-order valence-corrected chi connectivity index (χ1v) is 4.11. The highest BCUT2D eigenvalue weighted by molar-refractivity contribution is 5.75. The fourth-order valence-corrected chi connectivity index (χ4v) is 1.04. The lowest BCUT2D eigenvalue weighted by Crippen LogP contribution is -2.30. The van der Waals surface area contributed by atoms with Gasteiger partial charge in [0.05, 0.1) is 24.6 Å². The van der Waals surface area contributed by atoms with Crippen LogP contribution in [-0.2, 0) is 11.3 Å². The fourth-order valence-electron chi connectivity index (χ4n) is 1.04. The van der Waals surface area contributed by atoms with Gasteiger partial charge in [0, 0.05) is 6.54 Å². The predicted octanol–water partition coefficient (Wildman–Crippen LogP) is -1.02. The van der Waals surface area contributed by atoms with Gasteiger partial charge in [0.2, 0.25) is 5.91 Å². The average molecular weight is 195 g/mol. The standard InChI is InChI=1S/C8H13N5O/c1-13(5-8(10)14)4-6-2-12-7(9)3-11-6/h2-3H,4-5H2,1H3,(H2,9,12)(H2,10,14). The second-order valence-corrected chi connectivity index (χ2v) is 3.07. The Morgan fingerprint density at radius 1 is 1.50 bits per heavy atom. The number of amides is 1. The van der Waals surface area contributed by atoms with Crippen LogP contribution >= 0.6 is 0 Å². The third-order valence-electron chi connectivity index (χ3n) is 1.58. The molecule has 0 saturated carbocycles. The van der Waals surface area contributed by atoms with Gasteiger partial charge in [-0.05, 0) is 7.05 Å². The molecule has 0 radical (unpaired) electrons. The van der Waals surface area contributed by atoms with Gasteiger partial charge < -0.3 is 11.5 Å². The molecule has 0 atom stereocenters. The van der Waals surface area contributed by atoms with Crippen LogP contribution in [0.1, 0.15) is 5.69 Å². The second-order valence-electron chi connectivity index (χ2n) is 3.07. The number of carbonyl (C=O) groups is 1. The van der Waals surface area contributed by atoms with Crippen molar-refractivity contribution in [2.75, 3.05) is 19.3 Å². The zero-order valence-corrected chi connectivity index (χ0v) is 7.97. The summed E-state index contributed by atoms with van der Waals surface area (Å²) in [4.78, 5) is 20.3. The van der Waals surface area contributed by atoms with Gasteiger partial charge in [0.15, 0.2) is 0 Å². The van der Waals surface area contributed by atoms with E-state index in [0.29, 0.717) is 12.4 Å². The maximum atomic E-state index is 10.6. The number of aromatic nitrogens is 2. The van der Waals surface area contributed by atoms with E-state index in [0.717, 1.165) is 5.69 Å². The van der Waals surface area contributed by atoms with E-state index < -0.39 is 0 Å². The highest BCUT2D eigenvalue weighted by Gasteiger charge is 2.04. The number of carbonyl (C=O) groups excluding carboxylic acids is 1. The summed E-state index contributed by atoms with van der Waals surface area (Å²) >= 11 is 0. The molecule has 0 aliphatic heterocycles. The zero-order chi connectivity index (χ0) is 10.6. The Hall–Kier alpha value is -1.69. The van der Waals surface area contributed by atoms with Crippen molar-refractivity contribution in [3.63, 3.8) is 0 Å². The Balaban J connectivity index is 2.51. The first-order valence-electron chi connectivity index (χ1n) is 4.11. The number of likely N-dealkylation sites (N-methyl/N-ethyl adjacent to an activating group) is 1. The number of nitrogens with two attached hydrogens (primary N) is 2. The van der Waals surface area contributed by atoms with Crippen LogP contribution in [0, 0.1) is 0 Å². The van der Waals surface area contributed by atoms with Crippen LogP contribution in [0.3, 0.4) is 0 Å². The molecule has 0 spiro atoms. The SMILES string of the molecule is CN(CC(N)=O)Cc1cnc(N)cn1. The molecule has 1 heterocycles. The van der Waals surface area contributed by atoms with E-state index in [1.54, 1.807) is 18.1 Å². The van der Waals surface area contributed by atoms with E-state index in [1.807, 2.05) is 0 Å². The quantitative estimate of drug-likeness (QED) is 0.640. The summed E-state index contributed by atoms with van der Waals surface area (Å²) in [5.74, 6) is 0.0159. The van der Waals surface area contributed by atoms with Crippen molar-refractivity contribution in [3.8, 4) is 0 Å². The van der Waals surface area contributed by atoms with E-state index in [9.17, 15) is 4.79 Å². The average Bonchev–Trinajstić information content (AvgIpc) is 2.07. The topological polar surface area (TPSA) is 98.1 Å². The number of hydrogen-bond donors (Lipinski definition) is 2. The maximum absolute atomic E-state index is 10.6. The van der Waals surface area contributed by atoms with Crippen LogP contribution in [0.15, 0.2) is 12.4 Å². The van der Waals surface area contributed by atoms with E-state index in [1.165, 1.54) is 6.20 Å². The number of nitrogen functional groups attached to an aromatic ring is 1. The first-order chi connectivity index (χ1) is 6.58. The lowest BCUT2D eigenvalue weighted by Gasteiger charge is -2.13. The number of hydrogen-bond acceptors (Lipinski definition) is 5. The molecule has 1 aromatic heterocycles. The van der Waals surface area contributed by atoms with Crippen molar-refractivity contribution in [3.05, 3.63) is 18.1 Å². The maximum Gasteiger partial charge on any atom is 0.231 e. The molecule has 0 aliphatic carbocycles. The van der Waals surface area contributed by atoms with Gasteiger partial charge in [-0.1, -0.05) is 0 Å². The van der Waals surface area contributed by atoms with Gasteiger partial charge in [0.1, 0.15) is 5.82 Å². The number of primary amides is 1. The molecule has 1 rings (SSSR count). The molecule has 6 heteroatoms. The Morgan fingerprint density at radius 3 is 2.71 bits per heavy atom. The molecule has 6 nitrogen and oxygen atoms in total. The Bertz CT molecular complexity index is 310. The van der Waals surface area contributed by atoms with Crippen molar-refractivity contribution in [2.45, 2.75) is 6.54 Å². The molecule has 0 unspecified atom stereocenters. The van der Waals surface area contributed by atoms with Gasteiger partial charge in [-0.3, -0.25) is 14.7 Å².